The predicted octanol–water partition coefficient (Wildman–Crippen LogP) is 3.01. The highest BCUT2D eigenvalue weighted by Crippen LogP contribution is 2.33. The second-order valence-electron chi connectivity index (χ2n) is 7.01. The first-order chi connectivity index (χ1) is 15.0. The Bertz CT molecular complexity index is 1100. The second-order valence-corrected chi connectivity index (χ2v) is 8.39. The maximum absolute atomic E-state index is 12.8. The van der Waals surface area contributed by atoms with Gasteiger partial charge < -0.3 is 20.2 Å². The highest BCUT2D eigenvalue weighted by molar-refractivity contribution is 7.99. The molecule has 0 atom stereocenters. The minimum absolute atomic E-state index is 0.0153. The smallest absolute Gasteiger partial charge is 0.233 e. The number of nitrogens with zero attached hydrogens (tertiary/aromatic N) is 4. The highest BCUT2D eigenvalue weighted by atomic mass is 35.5. The van der Waals surface area contributed by atoms with E-state index in [0.717, 1.165) is 17.5 Å². The molecule has 1 aliphatic heterocycles. The molecule has 0 unspecified atom stereocenters. The number of amides is 1. The Morgan fingerprint density at radius 2 is 1.81 bits per heavy atom. The van der Waals surface area contributed by atoms with Crippen molar-refractivity contribution >= 4 is 29.3 Å². The first-order valence-electron chi connectivity index (χ1n) is 9.61. The van der Waals surface area contributed by atoms with Crippen LogP contribution in [0, 0.1) is 0 Å². The van der Waals surface area contributed by atoms with E-state index >= 15 is 0 Å². The molecule has 8 nitrogen and oxygen atoms in total. The van der Waals surface area contributed by atoms with Crippen LogP contribution in [0.2, 0.25) is 5.02 Å². The fourth-order valence-corrected chi connectivity index (χ4v) is 4.37. The number of thioether (sulfide) groups is 1. The third-order valence-electron chi connectivity index (χ3n) is 5.16. The summed E-state index contributed by atoms with van der Waals surface area (Å²) in [4.78, 5) is 14.7. The summed E-state index contributed by atoms with van der Waals surface area (Å²) >= 11 is 7.20. The van der Waals surface area contributed by atoms with E-state index in [1.807, 2.05) is 29.2 Å². The molecule has 0 radical (unpaired) electrons. The Balaban J connectivity index is 1.41. The third-order valence-corrected chi connectivity index (χ3v) is 6.34. The van der Waals surface area contributed by atoms with Crippen LogP contribution in [-0.4, -0.2) is 52.2 Å². The van der Waals surface area contributed by atoms with Crippen molar-refractivity contribution in [3.05, 3.63) is 52.5 Å². The average molecular weight is 460 g/mol. The topological polar surface area (TPSA) is 95.5 Å². The van der Waals surface area contributed by atoms with E-state index in [0.29, 0.717) is 40.6 Å². The molecule has 0 fully saturated rings. The molecule has 0 saturated heterocycles. The minimum Gasteiger partial charge on any atom is -0.493 e. The van der Waals surface area contributed by atoms with Crippen molar-refractivity contribution < 1.29 is 14.3 Å². The van der Waals surface area contributed by atoms with Crippen molar-refractivity contribution in [2.45, 2.75) is 18.1 Å². The Kier molecular flexibility index (Phi) is 6.24. The van der Waals surface area contributed by atoms with Crippen LogP contribution >= 0.6 is 23.4 Å². The number of halogens is 1. The molecule has 2 aromatic carbocycles. The van der Waals surface area contributed by atoms with Crippen molar-refractivity contribution in [3.63, 3.8) is 0 Å². The van der Waals surface area contributed by atoms with E-state index in [1.54, 1.807) is 26.4 Å². The molecule has 2 N–H and O–H groups in total. The van der Waals surface area contributed by atoms with Gasteiger partial charge in [0.25, 0.3) is 0 Å². The normalized spacial score (nSPS) is 13.1. The fourth-order valence-electron chi connectivity index (χ4n) is 3.48. The Morgan fingerprint density at radius 1 is 1.13 bits per heavy atom. The van der Waals surface area contributed by atoms with Gasteiger partial charge in [0.2, 0.25) is 11.1 Å². The zero-order valence-electron chi connectivity index (χ0n) is 17.2. The number of aromatic nitrogens is 3. The summed E-state index contributed by atoms with van der Waals surface area (Å²) in [5, 5.41) is 9.38. The van der Waals surface area contributed by atoms with Gasteiger partial charge in [-0.25, -0.2) is 4.68 Å². The van der Waals surface area contributed by atoms with Crippen LogP contribution in [-0.2, 0) is 17.8 Å². The number of carbonyl (C=O) groups excluding carboxylic acids is 1. The molecular formula is C21H22ClN5O3S. The summed E-state index contributed by atoms with van der Waals surface area (Å²) in [5.41, 5.74) is 3.03. The number of benzene rings is 2. The first-order valence-corrected chi connectivity index (χ1v) is 11.0. The van der Waals surface area contributed by atoms with Crippen molar-refractivity contribution in [3.8, 4) is 22.9 Å². The van der Waals surface area contributed by atoms with Gasteiger partial charge >= 0.3 is 0 Å². The Morgan fingerprint density at radius 3 is 2.48 bits per heavy atom. The van der Waals surface area contributed by atoms with Crippen molar-refractivity contribution in [2.24, 2.45) is 0 Å². The van der Waals surface area contributed by atoms with Crippen LogP contribution in [0.1, 0.15) is 11.1 Å². The predicted molar refractivity (Wildman–Crippen MR) is 120 cm³/mol. The molecule has 0 aliphatic carbocycles. The number of rotatable bonds is 6. The summed E-state index contributed by atoms with van der Waals surface area (Å²) in [5.74, 6) is 8.26. The van der Waals surface area contributed by atoms with E-state index in [1.165, 1.54) is 22.0 Å². The zero-order valence-corrected chi connectivity index (χ0v) is 18.7. The SMILES string of the molecule is COc1cc2c(cc1OC)CN(C(=O)CSc1nnc(-c3ccc(Cl)cc3)n1N)CC2. The number of nitrogen functional groups attached to an aromatic ring is 1. The lowest BCUT2D eigenvalue weighted by Crippen LogP contribution is -2.37. The molecule has 162 valence electrons. The molecule has 1 amide bonds. The summed E-state index contributed by atoms with van der Waals surface area (Å²) < 4.78 is 12.2. The van der Waals surface area contributed by atoms with Gasteiger partial charge in [0.15, 0.2) is 17.3 Å². The standard InChI is InChI=1S/C21H22ClN5O3S/c1-29-17-9-14-7-8-26(11-15(14)10-18(17)30-2)19(28)12-31-21-25-24-20(27(21)23)13-3-5-16(22)6-4-13/h3-6,9-10H,7-8,11-12,23H2,1-2H3. The van der Waals surface area contributed by atoms with Crippen molar-refractivity contribution in [2.75, 3.05) is 32.4 Å². The van der Waals surface area contributed by atoms with Crippen LogP contribution < -0.4 is 15.3 Å². The number of nitrogens with two attached hydrogens (primary N) is 1. The number of methoxy groups -OCH3 is 2. The van der Waals surface area contributed by atoms with Gasteiger partial charge in [0.05, 0.1) is 20.0 Å². The molecule has 1 aliphatic rings. The van der Waals surface area contributed by atoms with Crippen LogP contribution in [0.15, 0.2) is 41.6 Å². The number of hydrogen-bond donors (Lipinski definition) is 1. The van der Waals surface area contributed by atoms with Gasteiger partial charge in [-0.15, -0.1) is 10.2 Å². The molecule has 0 spiro atoms. The minimum atomic E-state index is 0.0153. The maximum atomic E-state index is 12.8. The monoisotopic (exact) mass is 459 g/mol. The van der Waals surface area contributed by atoms with Crippen LogP contribution in [0.25, 0.3) is 11.4 Å². The highest BCUT2D eigenvalue weighted by Gasteiger charge is 2.23. The number of fused-ring (bicyclic) bond motifs is 1. The first kappa shape index (κ1) is 21.3. The van der Waals surface area contributed by atoms with Gasteiger partial charge in [-0.05, 0) is 53.9 Å². The van der Waals surface area contributed by atoms with Crippen LogP contribution in [0.3, 0.4) is 0 Å². The molecule has 4 rings (SSSR count). The molecule has 3 aromatic rings. The lowest BCUT2D eigenvalue weighted by Gasteiger charge is -2.29. The molecule has 10 heteroatoms. The summed E-state index contributed by atoms with van der Waals surface area (Å²) in [6.07, 6.45) is 0.764. The fraction of sp³-hybridized carbons (Fsp3) is 0.286. The molecular weight excluding hydrogens is 438 g/mol. The van der Waals surface area contributed by atoms with E-state index in [-0.39, 0.29) is 11.7 Å². The quantitative estimate of drug-likeness (QED) is 0.447. The lowest BCUT2D eigenvalue weighted by molar-refractivity contribution is -0.129. The lowest BCUT2D eigenvalue weighted by atomic mass is 9.99. The van der Waals surface area contributed by atoms with Crippen LogP contribution in [0.4, 0.5) is 0 Å². The number of carbonyl (C=O) groups is 1. The molecule has 0 bridgehead atoms. The van der Waals surface area contributed by atoms with E-state index in [2.05, 4.69) is 10.2 Å². The van der Waals surface area contributed by atoms with Crippen molar-refractivity contribution in [1.82, 2.24) is 19.8 Å². The summed E-state index contributed by atoms with van der Waals surface area (Å²) in [6, 6.07) is 11.1. The molecule has 0 saturated carbocycles. The summed E-state index contributed by atoms with van der Waals surface area (Å²) in [6.45, 7) is 1.17. The largest absolute Gasteiger partial charge is 0.493 e. The van der Waals surface area contributed by atoms with Gasteiger partial charge in [-0.1, -0.05) is 23.4 Å². The Labute approximate surface area is 189 Å². The van der Waals surface area contributed by atoms with E-state index < -0.39 is 0 Å². The van der Waals surface area contributed by atoms with Gasteiger partial charge in [-0.3, -0.25) is 4.79 Å². The van der Waals surface area contributed by atoms with E-state index in [4.69, 9.17) is 26.9 Å². The van der Waals surface area contributed by atoms with Gasteiger partial charge in [0.1, 0.15) is 0 Å². The Hall–Kier alpha value is -2.91. The maximum Gasteiger partial charge on any atom is 0.233 e. The van der Waals surface area contributed by atoms with Crippen LogP contribution in [0.5, 0.6) is 11.5 Å². The van der Waals surface area contributed by atoms with E-state index in [9.17, 15) is 4.79 Å². The number of hydrogen-bond acceptors (Lipinski definition) is 7. The molecule has 1 aromatic heterocycles. The third kappa shape index (κ3) is 4.42. The van der Waals surface area contributed by atoms with Gasteiger partial charge in [-0.2, -0.15) is 0 Å². The zero-order chi connectivity index (χ0) is 22.0. The van der Waals surface area contributed by atoms with Gasteiger partial charge in [0, 0.05) is 23.7 Å². The second kappa shape index (κ2) is 9.07. The summed E-state index contributed by atoms with van der Waals surface area (Å²) in [7, 11) is 3.22. The number of ether oxygens (including phenoxy) is 2. The molecule has 2 heterocycles. The molecule has 31 heavy (non-hydrogen) atoms. The van der Waals surface area contributed by atoms with Crippen molar-refractivity contribution in [1.29, 1.82) is 0 Å². The average Bonchev–Trinajstić information content (AvgIpc) is 3.16.